The molecule has 0 unspecified atom stereocenters. The van der Waals surface area contributed by atoms with Crippen molar-refractivity contribution in [3.8, 4) is 0 Å². The molecule has 104 valence electrons. The molecule has 0 aliphatic carbocycles. The summed E-state index contributed by atoms with van der Waals surface area (Å²) in [5, 5.41) is 4.47. The minimum absolute atomic E-state index is 0.644. The third kappa shape index (κ3) is 2.63. The molecule has 0 aliphatic heterocycles. The first-order chi connectivity index (χ1) is 10.3. The summed E-state index contributed by atoms with van der Waals surface area (Å²) < 4.78 is 0. The molecule has 0 atom stereocenters. The SMILES string of the molecule is Cc1ccc2cccnc2c1CNc1ccccc1C=O. The highest BCUT2D eigenvalue weighted by atomic mass is 16.1. The van der Waals surface area contributed by atoms with E-state index < -0.39 is 0 Å². The summed E-state index contributed by atoms with van der Waals surface area (Å²) in [6, 6.07) is 15.7. The predicted octanol–water partition coefficient (Wildman–Crippen LogP) is 3.97. The Hall–Kier alpha value is -2.68. The molecule has 0 fully saturated rings. The standard InChI is InChI=1S/C18H16N2O/c1-13-8-9-14-6-4-10-19-18(14)16(13)11-20-17-7-3-2-5-15(17)12-21/h2-10,12,20H,11H2,1H3. The minimum atomic E-state index is 0.644. The minimum Gasteiger partial charge on any atom is -0.380 e. The topological polar surface area (TPSA) is 42.0 Å². The van der Waals surface area contributed by atoms with E-state index in [0.717, 1.165) is 28.4 Å². The van der Waals surface area contributed by atoms with E-state index in [4.69, 9.17) is 0 Å². The number of nitrogens with one attached hydrogen (secondary N) is 1. The molecule has 0 amide bonds. The van der Waals surface area contributed by atoms with Gasteiger partial charge >= 0.3 is 0 Å². The summed E-state index contributed by atoms with van der Waals surface area (Å²) in [5.74, 6) is 0. The van der Waals surface area contributed by atoms with Gasteiger partial charge in [0.1, 0.15) is 0 Å². The number of aromatic nitrogens is 1. The number of rotatable bonds is 4. The molecule has 0 radical (unpaired) electrons. The monoisotopic (exact) mass is 276 g/mol. The van der Waals surface area contributed by atoms with Crippen molar-refractivity contribution in [2.24, 2.45) is 0 Å². The van der Waals surface area contributed by atoms with Crippen LogP contribution in [-0.2, 0) is 6.54 Å². The number of nitrogens with zero attached hydrogens (tertiary/aromatic N) is 1. The lowest BCUT2D eigenvalue weighted by atomic mass is 10.0. The fraction of sp³-hybridized carbons (Fsp3) is 0.111. The van der Waals surface area contributed by atoms with Gasteiger partial charge in [-0.05, 0) is 30.7 Å². The van der Waals surface area contributed by atoms with Crippen LogP contribution in [0.1, 0.15) is 21.5 Å². The van der Waals surface area contributed by atoms with Crippen LogP contribution >= 0.6 is 0 Å². The third-order valence-corrected chi connectivity index (χ3v) is 3.66. The molecule has 3 rings (SSSR count). The number of carbonyl (C=O) groups is 1. The summed E-state index contributed by atoms with van der Waals surface area (Å²) in [7, 11) is 0. The molecule has 3 nitrogen and oxygen atoms in total. The van der Waals surface area contributed by atoms with Crippen LogP contribution in [0.3, 0.4) is 0 Å². The number of benzene rings is 2. The third-order valence-electron chi connectivity index (χ3n) is 3.66. The number of hydrogen-bond acceptors (Lipinski definition) is 3. The lowest BCUT2D eigenvalue weighted by Gasteiger charge is -2.12. The molecular formula is C18H16N2O. The molecule has 1 aromatic heterocycles. The maximum absolute atomic E-state index is 11.1. The van der Waals surface area contributed by atoms with Crippen LogP contribution in [0, 0.1) is 6.92 Å². The Labute approximate surface area is 123 Å². The molecular weight excluding hydrogens is 260 g/mol. The van der Waals surface area contributed by atoms with Gasteiger partial charge in [0.25, 0.3) is 0 Å². The second kappa shape index (κ2) is 5.75. The Morgan fingerprint density at radius 2 is 1.95 bits per heavy atom. The molecule has 0 saturated carbocycles. The maximum Gasteiger partial charge on any atom is 0.152 e. The van der Waals surface area contributed by atoms with E-state index in [-0.39, 0.29) is 0 Å². The van der Waals surface area contributed by atoms with Crippen molar-refractivity contribution in [3.63, 3.8) is 0 Å². The van der Waals surface area contributed by atoms with Crippen molar-refractivity contribution in [2.75, 3.05) is 5.32 Å². The lowest BCUT2D eigenvalue weighted by Crippen LogP contribution is -2.05. The normalized spacial score (nSPS) is 10.5. The van der Waals surface area contributed by atoms with Crippen LogP contribution in [0.4, 0.5) is 5.69 Å². The van der Waals surface area contributed by atoms with Gasteiger partial charge in [-0.2, -0.15) is 0 Å². The van der Waals surface area contributed by atoms with Crippen molar-refractivity contribution in [1.82, 2.24) is 4.98 Å². The Morgan fingerprint density at radius 1 is 1.10 bits per heavy atom. The summed E-state index contributed by atoms with van der Waals surface area (Å²) in [6.07, 6.45) is 2.68. The zero-order chi connectivity index (χ0) is 14.7. The highest BCUT2D eigenvalue weighted by Gasteiger charge is 2.07. The first-order valence-corrected chi connectivity index (χ1v) is 6.91. The van der Waals surface area contributed by atoms with Gasteiger partial charge in [-0.3, -0.25) is 9.78 Å². The van der Waals surface area contributed by atoms with Crippen LogP contribution in [0.25, 0.3) is 10.9 Å². The Kier molecular flexibility index (Phi) is 3.65. The van der Waals surface area contributed by atoms with Gasteiger partial charge in [0.2, 0.25) is 0 Å². The zero-order valence-corrected chi connectivity index (χ0v) is 11.8. The summed E-state index contributed by atoms with van der Waals surface area (Å²) >= 11 is 0. The van der Waals surface area contributed by atoms with E-state index in [1.54, 1.807) is 0 Å². The molecule has 0 saturated heterocycles. The van der Waals surface area contributed by atoms with Crippen LogP contribution in [0.15, 0.2) is 54.7 Å². The van der Waals surface area contributed by atoms with Crippen LogP contribution in [-0.4, -0.2) is 11.3 Å². The molecule has 3 aromatic rings. The van der Waals surface area contributed by atoms with Gasteiger partial charge in [0, 0.05) is 34.9 Å². The van der Waals surface area contributed by atoms with E-state index in [0.29, 0.717) is 12.1 Å². The molecule has 3 heteroatoms. The largest absolute Gasteiger partial charge is 0.380 e. The fourth-order valence-electron chi connectivity index (χ4n) is 2.47. The average Bonchev–Trinajstić information content (AvgIpc) is 2.54. The molecule has 21 heavy (non-hydrogen) atoms. The van der Waals surface area contributed by atoms with E-state index in [1.165, 1.54) is 5.56 Å². The van der Waals surface area contributed by atoms with Crippen molar-refractivity contribution in [3.05, 3.63) is 71.4 Å². The zero-order valence-electron chi connectivity index (χ0n) is 11.8. The summed E-state index contributed by atoms with van der Waals surface area (Å²) in [4.78, 5) is 15.6. The fourth-order valence-corrected chi connectivity index (χ4v) is 2.47. The van der Waals surface area contributed by atoms with E-state index in [2.05, 4.69) is 35.4 Å². The maximum atomic E-state index is 11.1. The van der Waals surface area contributed by atoms with Crippen LogP contribution in [0.2, 0.25) is 0 Å². The van der Waals surface area contributed by atoms with Gasteiger partial charge in [-0.25, -0.2) is 0 Å². The lowest BCUT2D eigenvalue weighted by molar-refractivity contribution is 0.112. The van der Waals surface area contributed by atoms with Gasteiger partial charge < -0.3 is 5.32 Å². The summed E-state index contributed by atoms with van der Waals surface area (Å²) in [6.45, 7) is 2.72. The average molecular weight is 276 g/mol. The van der Waals surface area contributed by atoms with E-state index in [9.17, 15) is 4.79 Å². The Bertz CT molecular complexity index is 796. The highest BCUT2D eigenvalue weighted by Crippen LogP contribution is 2.22. The highest BCUT2D eigenvalue weighted by molar-refractivity contribution is 5.85. The van der Waals surface area contributed by atoms with Crippen molar-refractivity contribution in [1.29, 1.82) is 0 Å². The molecule has 1 heterocycles. The number of fused-ring (bicyclic) bond motifs is 1. The van der Waals surface area contributed by atoms with Crippen molar-refractivity contribution in [2.45, 2.75) is 13.5 Å². The molecule has 0 spiro atoms. The Balaban J connectivity index is 1.95. The van der Waals surface area contributed by atoms with Gasteiger partial charge in [0.05, 0.1) is 5.52 Å². The summed E-state index contributed by atoms with van der Waals surface area (Å²) in [5.41, 5.74) is 4.88. The first kappa shape index (κ1) is 13.3. The van der Waals surface area contributed by atoms with Crippen LogP contribution < -0.4 is 5.32 Å². The van der Waals surface area contributed by atoms with Crippen LogP contribution in [0.5, 0.6) is 0 Å². The van der Waals surface area contributed by atoms with Crippen molar-refractivity contribution < 1.29 is 4.79 Å². The number of aldehydes is 1. The number of carbonyl (C=O) groups excluding carboxylic acids is 1. The quantitative estimate of drug-likeness (QED) is 0.733. The predicted molar refractivity (Wildman–Crippen MR) is 85.6 cm³/mol. The number of aryl methyl sites for hydroxylation is 1. The van der Waals surface area contributed by atoms with E-state index in [1.807, 2.05) is 36.5 Å². The van der Waals surface area contributed by atoms with Gasteiger partial charge in [-0.15, -0.1) is 0 Å². The van der Waals surface area contributed by atoms with Gasteiger partial charge in [0.15, 0.2) is 6.29 Å². The van der Waals surface area contributed by atoms with E-state index >= 15 is 0 Å². The molecule has 1 N–H and O–H groups in total. The number of anilines is 1. The molecule has 0 aliphatic rings. The first-order valence-electron chi connectivity index (χ1n) is 6.91. The van der Waals surface area contributed by atoms with Gasteiger partial charge in [-0.1, -0.05) is 30.3 Å². The number of pyridine rings is 1. The molecule has 0 bridgehead atoms. The van der Waals surface area contributed by atoms with Crippen molar-refractivity contribution >= 4 is 22.9 Å². The molecule has 2 aromatic carbocycles. The number of para-hydroxylation sites is 1. The second-order valence-corrected chi connectivity index (χ2v) is 4.99. The second-order valence-electron chi connectivity index (χ2n) is 4.99. The number of hydrogen-bond donors (Lipinski definition) is 1. The Morgan fingerprint density at radius 3 is 2.81 bits per heavy atom. The smallest absolute Gasteiger partial charge is 0.152 e.